The number of Topliss-reactive ketones (excluding diaryl/α,β-unsaturated/α-hetero) is 1. The van der Waals surface area contributed by atoms with E-state index in [0.29, 0.717) is 12.5 Å². The van der Waals surface area contributed by atoms with Crippen molar-refractivity contribution in [1.82, 2.24) is 4.57 Å². The molecule has 0 aromatic carbocycles. The third kappa shape index (κ3) is 2.83. The van der Waals surface area contributed by atoms with Crippen molar-refractivity contribution in [1.29, 1.82) is 0 Å². The molecule has 3 nitrogen and oxygen atoms in total. The van der Waals surface area contributed by atoms with E-state index in [1.165, 1.54) is 32.1 Å². The first-order valence-electron chi connectivity index (χ1n) is 8.08. The van der Waals surface area contributed by atoms with Crippen LogP contribution < -0.4 is 0 Å². The summed E-state index contributed by atoms with van der Waals surface area (Å²) in [5.74, 6) is 0.255. The molecule has 1 aromatic rings. The zero-order valence-corrected chi connectivity index (χ0v) is 12.4. The quantitative estimate of drug-likeness (QED) is 0.762. The maximum Gasteiger partial charge on any atom is 0.164 e. The highest BCUT2D eigenvalue weighted by Gasteiger charge is 2.42. The Kier molecular flexibility index (Phi) is 3.97. The van der Waals surface area contributed by atoms with Crippen molar-refractivity contribution in [3.05, 3.63) is 24.0 Å². The predicted octanol–water partition coefficient (Wildman–Crippen LogP) is 3.96. The van der Waals surface area contributed by atoms with Crippen LogP contribution >= 0.6 is 0 Å². The molecule has 20 heavy (non-hydrogen) atoms. The summed E-state index contributed by atoms with van der Waals surface area (Å²) in [5.41, 5.74) is 1.05. The summed E-state index contributed by atoms with van der Waals surface area (Å²) in [6, 6.07) is 1.94. The van der Waals surface area contributed by atoms with Gasteiger partial charge >= 0.3 is 0 Å². The van der Waals surface area contributed by atoms with Gasteiger partial charge in [-0.3, -0.25) is 4.79 Å². The Hall–Kier alpha value is -1.09. The Morgan fingerprint density at radius 1 is 1.40 bits per heavy atom. The topological polar surface area (TPSA) is 31.2 Å². The third-order valence-electron chi connectivity index (χ3n) is 4.82. The van der Waals surface area contributed by atoms with E-state index < -0.39 is 0 Å². The number of ether oxygens (including phenoxy) is 1. The summed E-state index contributed by atoms with van der Waals surface area (Å²) < 4.78 is 8.45. The van der Waals surface area contributed by atoms with E-state index in [9.17, 15) is 4.79 Å². The monoisotopic (exact) mass is 275 g/mol. The van der Waals surface area contributed by atoms with E-state index in [4.69, 9.17) is 4.74 Å². The first kappa shape index (κ1) is 13.9. The lowest BCUT2D eigenvalue weighted by atomic mass is 9.98. The predicted molar refractivity (Wildman–Crippen MR) is 79.0 cm³/mol. The molecule has 2 fully saturated rings. The van der Waals surface area contributed by atoms with Crippen LogP contribution in [-0.2, 0) is 11.3 Å². The average Bonchev–Trinajstić information content (AvgIpc) is 3.14. The second-order valence-corrected chi connectivity index (χ2v) is 6.44. The Morgan fingerprint density at radius 2 is 2.20 bits per heavy atom. The minimum atomic E-state index is 0.207. The van der Waals surface area contributed by atoms with Crippen molar-refractivity contribution in [2.75, 3.05) is 0 Å². The smallest absolute Gasteiger partial charge is 0.164 e. The number of carbonyl (C=O) groups excluding carboxylic acids is 1. The molecule has 110 valence electrons. The summed E-state index contributed by atoms with van der Waals surface area (Å²) in [6.45, 7) is 2.93. The van der Waals surface area contributed by atoms with Crippen LogP contribution in [0.5, 0.6) is 0 Å². The molecule has 3 heteroatoms. The minimum absolute atomic E-state index is 0.207. The molecule has 1 spiro atoms. The molecule has 0 bridgehead atoms. The number of carbonyl (C=O) groups is 1. The molecule has 1 aromatic heterocycles. The molecule has 1 saturated carbocycles. The first-order valence-corrected chi connectivity index (χ1v) is 8.08. The van der Waals surface area contributed by atoms with Crippen molar-refractivity contribution in [3.8, 4) is 0 Å². The van der Waals surface area contributed by atoms with E-state index in [0.717, 1.165) is 24.9 Å². The summed E-state index contributed by atoms with van der Waals surface area (Å²) >= 11 is 0. The largest absolute Gasteiger partial charge is 0.370 e. The fraction of sp³-hybridized carbons (Fsp3) is 0.706. The van der Waals surface area contributed by atoms with Gasteiger partial charge in [-0.2, -0.15) is 0 Å². The Balaban J connectivity index is 1.57. The number of rotatable bonds is 5. The van der Waals surface area contributed by atoms with E-state index in [1.807, 2.05) is 25.4 Å². The van der Waals surface area contributed by atoms with Gasteiger partial charge in [-0.25, -0.2) is 0 Å². The van der Waals surface area contributed by atoms with Crippen LogP contribution in [-0.4, -0.2) is 22.1 Å². The lowest BCUT2D eigenvalue weighted by Gasteiger charge is -2.23. The number of ketones is 1. The number of hydrogen-bond donors (Lipinski definition) is 0. The highest BCUT2D eigenvalue weighted by Crippen LogP contribution is 2.43. The highest BCUT2D eigenvalue weighted by atomic mass is 16.5. The van der Waals surface area contributed by atoms with Crippen LogP contribution in [0.15, 0.2) is 18.5 Å². The van der Waals surface area contributed by atoms with E-state index in [2.05, 4.69) is 4.57 Å². The minimum Gasteiger partial charge on any atom is -0.370 e. The Morgan fingerprint density at radius 3 is 2.95 bits per heavy atom. The van der Waals surface area contributed by atoms with E-state index in [1.54, 1.807) is 0 Å². The molecule has 2 aliphatic rings. The molecule has 1 unspecified atom stereocenters. The number of hydrogen-bond acceptors (Lipinski definition) is 2. The number of aromatic nitrogens is 1. The van der Waals surface area contributed by atoms with Gasteiger partial charge < -0.3 is 9.30 Å². The van der Waals surface area contributed by atoms with E-state index in [-0.39, 0.29) is 11.4 Å². The van der Waals surface area contributed by atoms with Gasteiger partial charge in [0.15, 0.2) is 5.78 Å². The highest BCUT2D eigenvalue weighted by molar-refractivity contribution is 5.95. The second-order valence-electron chi connectivity index (χ2n) is 6.44. The normalized spacial score (nSPS) is 24.6. The van der Waals surface area contributed by atoms with Gasteiger partial charge in [-0.1, -0.05) is 19.8 Å². The van der Waals surface area contributed by atoms with Crippen LogP contribution in [0.3, 0.4) is 0 Å². The molecule has 2 heterocycles. The molecule has 1 aliphatic carbocycles. The van der Waals surface area contributed by atoms with Crippen LogP contribution in [0.2, 0.25) is 0 Å². The van der Waals surface area contributed by atoms with Crippen molar-refractivity contribution < 1.29 is 9.53 Å². The molecule has 0 radical (unpaired) electrons. The maximum atomic E-state index is 11.9. The first-order chi connectivity index (χ1) is 9.71. The van der Waals surface area contributed by atoms with Crippen LogP contribution in [0.4, 0.5) is 0 Å². The van der Waals surface area contributed by atoms with Crippen LogP contribution in [0.25, 0.3) is 0 Å². The van der Waals surface area contributed by atoms with Gasteiger partial charge in [0.1, 0.15) is 0 Å². The van der Waals surface area contributed by atoms with Crippen LogP contribution in [0, 0.1) is 0 Å². The van der Waals surface area contributed by atoms with Gasteiger partial charge in [-0.15, -0.1) is 0 Å². The fourth-order valence-electron chi connectivity index (χ4n) is 3.74. The molecular formula is C17H25NO2. The maximum absolute atomic E-state index is 11.9. The van der Waals surface area contributed by atoms with Crippen LogP contribution in [0.1, 0.15) is 68.6 Å². The van der Waals surface area contributed by atoms with Crippen molar-refractivity contribution in [2.24, 2.45) is 0 Å². The molecule has 1 saturated heterocycles. The van der Waals surface area contributed by atoms with Gasteiger partial charge in [0.05, 0.1) is 11.7 Å². The Labute approximate surface area is 121 Å². The van der Waals surface area contributed by atoms with Gasteiger partial charge in [0.2, 0.25) is 0 Å². The molecular weight excluding hydrogens is 250 g/mol. The molecule has 1 atom stereocenters. The SMILES string of the molecule is CCCC(=O)c1ccn(CC2CCC3(CCCC3)O2)c1. The van der Waals surface area contributed by atoms with Crippen molar-refractivity contribution in [2.45, 2.75) is 76.5 Å². The van der Waals surface area contributed by atoms with Gasteiger partial charge in [0, 0.05) is 30.9 Å². The van der Waals surface area contributed by atoms with Crippen molar-refractivity contribution >= 4 is 5.78 Å². The second kappa shape index (κ2) is 5.72. The van der Waals surface area contributed by atoms with Gasteiger partial charge in [0.25, 0.3) is 0 Å². The van der Waals surface area contributed by atoms with Gasteiger partial charge in [-0.05, 0) is 38.2 Å². The Bertz CT molecular complexity index is 471. The third-order valence-corrected chi connectivity index (χ3v) is 4.82. The molecule has 3 rings (SSSR count). The summed E-state index contributed by atoms with van der Waals surface area (Å²) in [4.78, 5) is 11.9. The molecule has 0 amide bonds. The fourth-order valence-corrected chi connectivity index (χ4v) is 3.74. The van der Waals surface area contributed by atoms with E-state index >= 15 is 0 Å². The summed E-state index contributed by atoms with van der Waals surface area (Å²) in [5, 5.41) is 0. The molecule has 1 aliphatic heterocycles. The standard InChI is InChI=1S/C17H25NO2/c1-2-5-16(19)14-7-11-18(12-14)13-15-6-10-17(20-15)8-3-4-9-17/h7,11-12,15H,2-6,8-10,13H2,1H3. The lowest BCUT2D eigenvalue weighted by Crippen LogP contribution is -2.26. The lowest BCUT2D eigenvalue weighted by molar-refractivity contribution is -0.0417. The zero-order chi connectivity index (χ0) is 14.0. The number of nitrogens with zero attached hydrogens (tertiary/aromatic N) is 1. The zero-order valence-electron chi connectivity index (χ0n) is 12.4. The summed E-state index contributed by atoms with van der Waals surface area (Å²) in [6.07, 6.45) is 13.4. The average molecular weight is 275 g/mol. The molecule has 0 N–H and O–H groups in total. The summed E-state index contributed by atoms with van der Waals surface area (Å²) in [7, 11) is 0. The van der Waals surface area contributed by atoms with Crippen molar-refractivity contribution in [3.63, 3.8) is 0 Å².